The molecule has 3 aromatic rings. The van der Waals surface area contributed by atoms with Crippen molar-refractivity contribution in [3.63, 3.8) is 0 Å². The molecule has 0 spiro atoms. The number of carbonyl (C=O) groups is 3. The molecule has 0 unspecified atom stereocenters. The molecule has 1 heterocycles. The van der Waals surface area contributed by atoms with Crippen molar-refractivity contribution in [2.75, 3.05) is 0 Å². The van der Waals surface area contributed by atoms with Gasteiger partial charge in [0.05, 0.1) is 18.9 Å². The molecule has 0 bridgehead atoms. The quantitative estimate of drug-likeness (QED) is 0.494. The molecule has 0 radical (unpaired) electrons. The zero-order valence-electron chi connectivity index (χ0n) is 15.5. The van der Waals surface area contributed by atoms with Crippen LogP contribution < -0.4 is 16.2 Å². The fraction of sp³-hybridized carbons (Fsp3) is 0.190. The predicted molar refractivity (Wildman–Crippen MR) is 106 cm³/mol. The minimum absolute atomic E-state index is 0.0109. The molecule has 0 aliphatic heterocycles. The summed E-state index contributed by atoms with van der Waals surface area (Å²) in [5, 5.41) is 3.73. The van der Waals surface area contributed by atoms with Gasteiger partial charge in [-0.25, -0.2) is 0 Å². The number of rotatable bonds is 6. The summed E-state index contributed by atoms with van der Waals surface area (Å²) in [6, 6.07) is 16.4. The van der Waals surface area contributed by atoms with Crippen molar-refractivity contribution < 1.29 is 14.4 Å². The van der Waals surface area contributed by atoms with Crippen LogP contribution in [0.15, 0.2) is 60.8 Å². The number of aromatic nitrogens is 1. The Morgan fingerprint density at radius 2 is 1.61 bits per heavy atom. The Balaban J connectivity index is 1.55. The molecule has 0 saturated carbocycles. The first-order valence-corrected chi connectivity index (χ1v) is 8.97. The number of fused-ring (bicyclic) bond motifs is 1. The first-order chi connectivity index (χ1) is 13.5. The van der Waals surface area contributed by atoms with Crippen molar-refractivity contribution in [1.82, 2.24) is 21.2 Å². The van der Waals surface area contributed by atoms with E-state index >= 15 is 0 Å². The average molecular weight is 378 g/mol. The topological polar surface area (TPSA) is 103 Å². The molecule has 0 fully saturated rings. The Bertz CT molecular complexity index is 981. The number of aromatic amines is 1. The molecule has 28 heavy (non-hydrogen) atoms. The molecule has 3 rings (SSSR count). The molecule has 0 aliphatic rings. The molecule has 7 heteroatoms. The van der Waals surface area contributed by atoms with Gasteiger partial charge in [0.25, 0.3) is 0 Å². The van der Waals surface area contributed by atoms with Crippen molar-refractivity contribution in [3.05, 3.63) is 71.9 Å². The Morgan fingerprint density at radius 1 is 0.929 bits per heavy atom. The zero-order chi connectivity index (χ0) is 19.9. The van der Waals surface area contributed by atoms with E-state index in [1.165, 1.54) is 6.92 Å². The molecule has 7 nitrogen and oxygen atoms in total. The maximum Gasteiger partial charge on any atom is 0.242 e. The number of carbonyl (C=O) groups excluding carboxylic acids is 3. The van der Waals surface area contributed by atoms with Crippen LogP contribution in [-0.2, 0) is 20.8 Å². The van der Waals surface area contributed by atoms with Crippen LogP contribution in [0.25, 0.3) is 10.9 Å². The van der Waals surface area contributed by atoms with Crippen molar-refractivity contribution in [2.24, 2.45) is 0 Å². The number of hydrogen-bond donors (Lipinski definition) is 4. The highest BCUT2D eigenvalue weighted by Gasteiger charge is 2.17. The Kier molecular flexibility index (Phi) is 6.06. The third kappa shape index (κ3) is 4.97. The summed E-state index contributed by atoms with van der Waals surface area (Å²) in [6.45, 7) is 1.40. The summed E-state index contributed by atoms with van der Waals surface area (Å²) in [7, 11) is 0. The van der Waals surface area contributed by atoms with Crippen LogP contribution in [0, 0.1) is 0 Å². The van der Waals surface area contributed by atoms with E-state index < -0.39 is 11.9 Å². The second-order valence-electron chi connectivity index (χ2n) is 6.50. The van der Waals surface area contributed by atoms with Gasteiger partial charge < -0.3 is 10.3 Å². The lowest BCUT2D eigenvalue weighted by molar-refractivity contribution is -0.129. The van der Waals surface area contributed by atoms with Crippen molar-refractivity contribution in [1.29, 1.82) is 0 Å². The number of benzene rings is 2. The fourth-order valence-electron chi connectivity index (χ4n) is 3.05. The first-order valence-electron chi connectivity index (χ1n) is 8.97. The first kappa shape index (κ1) is 19.2. The number of hydrazine groups is 1. The van der Waals surface area contributed by atoms with E-state index in [-0.39, 0.29) is 24.7 Å². The highest BCUT2D eigenvalue weighted by atomic mass is 16.2. The Hall–Kier alpha value is -3.61. The number of para-hydroxylation sites is 1. The van der Waals surface area contributed by atoms with E-state index in [1.54, 1.807) is 6.20 Å². The van der Waals surface area contributed by atoms with Gasteiger partial charge in [-0.15, -0.1) is 0 Å². The summed E-state index contributed by atoms with van der Waals surface area (Å²) in [4.78, 5) is 39.0. The second kappa shape index (κ2) is 8.85. The van der Waals surface area contributed by atoms with E-state index in [1.807, 2.05) is 54.6 Å². The van der Waals surface area contributed by atoms with Crippen LogP contribution in [0.2, 0.25) is 0 Å². The summed E-state index contributed by atoms with van der Waals surface area (Å²) < 4.78 is 0. The maximum absolute atomic E-state index is 12.2. The molecule has 0 saturated heterocycles. The van der Waals surface area contributed by atoms with E-state index in [9.17, 15) is 14.4 Å². The number of nitrogens with one attached hydrogen (secondary N) is 4. The third-order valence-corrected chi connectivity index (χ3v) is 4.34. The highest BCUT2D eigenvalue weighted by Crippen LogP contribution is 2.18. The monoisotopic (exact) mass is 378 g/mol. The van der Waals surface area contributed by atoms with E-state index in [2.05, 4.69) is 21.2 Å². The van der Waals surface area contributed by atoms with Crippen LogP contribution >= 0.6 is 0 Å². The number of H-pyrrole nitrogens is 1. The molecular formula is C21H22N4O3. The number of amides is 3. The van der Waals surface area contributed by atoms with Gasteiger partial charge in [-0.1, -0.05) is 48.5 Å². The minimum Gasteiger partial charge on any atom is -0.361 e. The normalized spacial score (nSPS) is 11.6. The summed E-state index contributed by atoms with van der Waals surface area (Å²) in [5.74, 6) is -0.950. The standard InChI is InChI=1S/C21H22N4O3/c1-14(26)23-19(15-7-3-2-4-8-15)12-21(28)25-24-20(27)11-16-13-22-18-10-6-5-9-17(16)18/h2-10,13,19,22H,11-12H2,1H3,(H,23,26)(H,24,27)(H,25,28)/t19-/m1/s1. The zero-order valence-corrected chi connectivity index (χ0v) is 15.5. The van der Waals surface area contributed by atoms with E-state index in [4.69, 9.17) is 0 Å². The molecular weight excluding hydrogens is 356 g/mol. The Morgan fingerprint density at radius 3 is 2.36 bits per heavy atom. The SMILES string of the molecule is CC(=O)N[C@H](CC(=O)NNC(=O)Cc1c[nH]c2ccccc12)c1ccccc1. The summed E-state index contributed by atoms with van der Waals surface area (Å²) >= 11 is 0. The van der Waals surface area contributed by atoms with Gasteiger partial charge in [-0.05, 0) is 17.2 Å². The van der Waals surface area contributed by atoms with Gasteiger partial charge in [0.15, 0.2) is 0 Å². The summed E-state index contributed by atoms with van der Waals surface area (Å²) in [5.41, 5.74) is 7.47. The van der Waals surface area contributed by atoms with Gasteiger partial charge in [0, 0.05) is 24.0 Å². The minimum atomic E-state index is -0.468. The lowest BCUT2D eigenvalue weighted by Crippen LogP contribution is -2.43. The molecule has 4 N–H and O–H groups in total. The van der Waals surface area contributed by atoms with Gasteiger partial charge >= 0.3 is 0 Å². The average Bonchev–Trinajstić information content (AvgIpc) is 3.09. The van der Waals surface area contributed by atoms with Crippen LogP contribution in [0.5, 0.6) is 0 Å². The predicted octanol–water partition coefficient (Wildman–Crippen LogP) is 2.13. The van der Waals surface area contributed by atoms with Crippen molar-refractivity contribution in [3.8, 4) is 0 Å². The summed E-state index contributed by atoms with van der Waals surface area (Å²) in [6.07, 6.45) is 1.93. The van der Waals surface area contributed by atoms with E-state index in [0.29, 0.717) is 0 Å². The van der Waals surface area contributed by atoms with Crippen molar-refractivity contribution in [2.45, 2.75) is 25.8 Å². The van der Waals surface area contributed by atoms with Crippen molar-refractivity contribution >= 4 is 28.6 Å². The molecule has 1 aromatic heterocycles. The van der Waals surface area contributed by atoms with Gasteiger partial charge in [-0.3, -0.25) is 25.2 Å². The smallest absolute Gasteiger partial charge is 0.242 e. The number of hydrogen-bond acceptors (Lipinski definition) is 3. The lowest BCUT2D eigenvalue weighted by atomic mass is 10.0. The lowest BCUT2D eigenvalue weighted by Gasteiger charge is -2.18. The van der Waals surface area contributed by atoms with Crippen LogP contribution in [0.4, 0.5) is 0 Å². The fourth-order valence-corrected chi connectivity index (χ4v) is 3.05. The molecule has 144 valence electrons. The maximum atomic E-state index is 12.2. The highest BCUT2D eigenvalue weighted by molar-refractivity contribution is 5.90. The molecule has 1 atom stereocenters. The van der Waals surface area contributed by atoms with E-state index in [0.717, 1.165) is 22.0 Å². The molecule has 3 amide bonds. The van der Waals surface area contributed by atoms with Gasteiger partial charge in [0.1, 0.15) is 0 Å². The van der Waals surface area contributed by atoms with Crippen LogP contribution in [-0.4, -0.2) is 22.7 Å². The van der Waals surface area contributed by atoms with Crippen LogP contribution in [0.3, 0.4) is 0 Å². The third-order valence-electron chi connectivity index (χ3n) is 4.34. The van der Waals surface area contributed by atoms with Crippen LogP contribution in [0.1, 0.15) is 30.5 Å². The van der Waals surface area contributed by atoms with Gasteiger partial charge in [0.2, 0.25) is 17.7 Å². The Labute approximate surface area is 162 Å². The van der Waals surface area contributed by atoms with Gasteiger partial charge in [-0.2, -0.15) is 0 Å². The molecule has 2 aromatic carbocycles. The molecule has 0 aliphatic carbocycles. The largest absolute Gasteiger partial charge is 0.361 e. The second-order valence-corrected chi connectivity index (χ2v) is 6.50.